The van der Waals surface area contributed by atoms with Crippen molar-refractivity contribution in [2.75, 3.05) is 0 Å². The molecule has 0 atom stereocenters. The van der Waals surface area contributed by atoms with Crippen LogP contribution in [0.5, 0.6) is 11.5 Å². The second-order valence-electron chi connectivity index (χ2n) is 4.72. The highest BCUT2D eigenvalue weighted by atomic mass is 32.3. The smallest absolute Gasteiger partial charge is 0.394 e. The third kappa shape index (κ3) is 11.5. The van der Waals surface area contributed by atoms with Gasteiger partial charge in [-0.15, -0.1) is 5.10 Å². The molecule has 0 unspecified atom stereocenters. The Balaban J connectivity index is 0.000000200. The van der Waals surface area contributed by atoms with E-state index in [1.54, 1.807) is 48.8 Å². The van der Waals surface area contributed by atoms with Gasteiger partial charge in [0.25, 0.3) is 0 Å². The lowest BCUT2D eigenvalue weighted by molar-refractivity contribution is 0.381. The summed E-state index contributed by atoms with van der Waals surface area (Å²) in [5.74, 6) is 0.561. The number of phenolic OH excluding ortho intramolecular Hbond substituents is 2. The maximum absolute atomic E-state index is 9.31. The maximum Gasteiger partial charge on any atom is 0.394 e. The Morgan fingerprint density at radius 3 is 1.89 bits per heavy atom. The van der Waals surface area contributed by atoms with Crippen molar-refractivity contribution >= 4 is 32.8 Å². The standard InChI is InChI=1S/C9H7NO.C6H6O.C2H2N2S.H2O4S/c11-8-5-1-3-7-4-2-6-10-9(7)8;7-6-4-2-1-3-5-6;1-2-5-4-3-1;1-5(2,3)4/h1-6,11H;1-5,7H;1-2H;(H2,1,2,3,4). The van der Waals surface area contributed by atoms with Crippen LogP contribution < -0.4 is 0 Å². The molecule has 0 aliphatic carbocycles. The fourth-order valence-corrected chi connectivity index (χ4v) is 1.92. The molecule has 0 bridgehead atoms. The molecule has 4 aromatic rings. The van der Waals surface area contributed by atoms with Gasteiger partial charge in [0, 0.05) is 17.0 Å². The average Bonchev–Trinajstić information content (AvgIpc) is 3.22. The highest BCUT2D eigenvalue weighted by Gasteiger charge is 1.96. The lowest BCUT2D eigenvalue weighted by atomic mass is 10.2. The molecule has 0 amide bonds. The molecular weight excluding hydrogens is 406 g/mol. The Labute approximate surface area is 165 Å². The molecule has 0 spiro atoms. The number of aromatic hydroxyl groups is 2. The second-order valence-corrected chi connectivity index (χ2v) is 6.27. The summed E-state index contributed by atoms with van der Waals surface area (Å²) in [5.41, 5.74) is 0.662. The first-order chi connectivity index (χ1) is 13.3. The average molecular weight is 423 g/mol. The van der Waals surface area contributed by atoms with E-state index < -0.39 is 10.4 Å². The van der Waals surface area contributed by atoms with Crippen LogP contribution in [-0.4, -0.2) is 42.3 Å². The Kier molecular flexibility index (Phi) is 10.1. The molecule has 0 fully saturated rings. The van der Waals surface area contributed by atoms with Gasteiger partial charge < -0.3 is 10.2 Å². The van der Waals surface area contributed by atoms with Crippen molar-refractivity contribution in [3.8, 4) is 11.5 Å². The number of fused-ring (bicyclic) bond motifs is 1. The highest BCUT2D eigenvalue weighted by molar-refractivity contribution is 7.79. The molecule has 2 aromatic heterocycles. The number of aromatic nitrogens is 3. The molecule has 11 heteroatoms. The number of benzene rings is 2. The van der Waals surface area contributed by atoms with E-state index in [9.17, 15) is 5.11 Å². The molecule has 4 rings (SSSR count). The minimum atomic E-state index is -4.67. The van der Waals surface area contributed by atoms with Crippen LogP contribution in [0.15, 0.2) is 78.4 Å². The van der Waals surface area contributed by atoms with Crippen molar-refractivity contribution in [1.29, 1.82) is 0 Å². The van der Waals surface area contributed by atoms with Gasteiger partial charge in [0.2, 0.25) is 0 Å². The zero-order valence-electron chi connectivity index (χ0n) is 14.3. The molecule has 148 valence electrons. The Hall–Kier alpha value is -3.12. The van der Waals surface area contributed by atoms with Crippen LogP contribution in [0.2, 0.25) is 0 Å². The number of hydrogen-bond acceptors (Lipinski definition) is 8. The van der Waals surface area contributed by atoms with Gasteiger partial charge in [-0.25, -0.2) is 0 Å². The molecule has 28 heavy (non-hydrogen) atoms. The van der Waals surface area contributed by atoms with Crippen LogP contribution in [0.4, 0.5) is 0 Å². The van der Waals surface area contributed by atoms with E-state index in [1.165, 1.54) is 11.5 Å². The summed E-state index contributed by atoms with van der Waals surface area (Å²) in [6, 6.07) is 17.8. The number of pyridine rings is 1. The topological polar surface area (TPSA) is 154 Å². The molecule has 9 nitrogen and oxygen atoms in total. The van der Waals surface area contributed by atoms with Gasteiger partial charge in [-0.1, -0.05) is 40.9 Å². The minimum absolute atomic E-state index is 0.239. The van der Waals surface area contributed by atoms with E-state index in [4.69, 9.17) is 22.6 Å². The normalized spacial score (nSPS) is 9.64. The van der Waals surface area contributed by atoms with Crippen molar-refractivity contribution in [3.05, 3.63) is 78.4 Å². The SMILES string of the molecule is O=S(=O)(O)O.Oc1cccc2cccnc12.Oc1ccccc1.c1csnn1. The molecule has 0 aliphatic rings. The number of nitrogens with zero attached hydrogens (tertiary/aromatic N) is 3. The van der Waals surface area contributed by atoms with E-state index in [-0.39, 0.29) is 5.75 Å². The van der Waals surface area contributed by atoms with Crippen molar-refractivity contribution in [2.24, 2.45) is 0 Å². The van der Waals surface area contributed by atoms with E-state index in [0.717, 1.165) is 5.39 Å². The summed E-state index contributed by atoms with van der Waals surface area (Å²) in [7, 11) is -4.67. The minimum Gasteiger partial charge on any atom is -0.508 e. The molecular formula is C17H17N3O6S2. The Morgan fingerprint density at radius 2 is 1.46 bits per heavy atom. The number of rotatable bonds is 0. The fourth-order valence-electron chi connectivity index (χ4n) is 1.65. The van der Waals surface area contributed by atoms with E-state index >= 15 is 0 Å². The fraction of sp³-hybridized carbons (Fsp3) is 0. The lowest BCUT2D eigenvalue weighted by Crippen LogP contribution is -1.89. The maximum atomic E-state index is 9.31. The molecule has 0 aliphatic heterocycles. The van der Waals surface area contributed by atoms with Gasteiger partial charge in [0.05, 0.1) is 6.20 Å². The van der Waals surface area contributed by atoms with Gasteiger partial charge in [-0.3, -0.25) is 14.1 Å². The van der Waals surface area contributed by atoms with Crippen LogP contribution >= 0.6 is 11.5 Å². The highest BCUT2D eigenvalue weighted by Crippen LogP contribution is 2.20. The van der Waals surface area contributed by atoms with Crippen LogP contribution in [0, 0.1) is 0 Å². The molecule has 0 radical (unpaired) electrons. The summed E-state index contributed by atoms with van der Waals surface area (Å²) in [6.07, 6.45) is 3.33. The number of hydrogen-bond donors (Lipinski definition) is 4. The zero-order chi connectivity index (χ0) is 20.8. The second kappa shape index (κ2) is 12.3. The van der Waals surface area contributed by atoms with Crippen molar-refractivity contribution in [1.82, 2.24) is 14.6 Å². The van der Waals surface area contributed by atoms with Gasteiger partial charge >= 0.3 is 10.4 Å². The van der Waals surface area contributed by atoms with Crippen molar-refractivity contribution in [2.45, 2.75) is 0 Å². The first-order valence-corrected chi connectivity index (χ1v) is 9.68. The molecule has 4 N–H and O–H groups in total. The van der Waals surface area contributed by atoms with Gasteiger partial charge in [-0.05, 0) is 35.8 Å². The van der Waals surface area contributed by atoms with E-state index in [0.29, 0.717) is 11.3 Å². The summed E-state index contributed by atoms with van der Waals surface area (Å²) >= 11 is 1.35. The third-order valence-electron chi connectivity index (χ3n) is 2.65. The Morgan fingerprint density at radius 1 is 0.821 bits per heavy atom. The van der Waals surface area contributed by atoms with Crippen LogP contribution in [0.1, 0.15) is 0 Å². The first-order valence-electron chi connectivity index (χ1n) is 7.45. The van der Waals surface area contributed by atoms with Crippen LogP contribution in [-0.2, 0) is 10.4 Å². The molecule has 0 saturated heterocycles. The zero-order valence-corrected chi connectivity index (χ0v) is 15.9. The van der Waals surface area contributed by atoms with Gasteiger partial charge in [0.15, 0.2) is 0 Å². The predicted octanol–water partition coefficient (Wildman–Crippen LogP) is 3.22. The summed E-state index contributed by atoms with van der Waals surface area (Å²) in [6.45, 7) is 0. The third-order valence-corrected chi connectivity index (χ3v) is 3.08. The largest absolute Gasteiger partial charge is 0.508 e. The van der Waals surface area contributed by atoms with Gasteiger partial charge in [-0.2, -0.15) is 8.42 Å². The lowest BCUT2D eigenvalue weighted by Gasteiger charge is -1.96. The number of para-hydroxylation sites is 2. The van der Waals surface area contributed by atoms with Crippen LogP contribution in [0.3, 0.4) is 0 Å². The summed E-state index contributed by atoms with van der Waals surface area (Å²) < 4.78 is 35.1. The van der Waals surface area contributed by atoms with Crippen LogP contribution in [0.25, 0.3) is 10.9 Å². The monoisotopic (exact) mass is 423 g/mol. The summed E-state index contributed by atoms with van der Waals surface area (Å²) in [4.78, 5) is 4.03. The van der Waals surface area contributed by atoms with Crippen molar-refractivity contribution < 1.29 is 27.7 Å². The van der Waals surface area contributed by atoms with E-state index in [2.05, 4.69) is 14.6 Å². The first kappa shape index (κ1) is 22.9. The van der Waals surface area contributed by atoms with Gasteiger partial charge in [0.1, 0.15) is 17.0 Å². The van der Waals surface area contributed by atoms with Crippen molar-refractivity contribution in [3.63, 3.8) is 0 Å². The molecule has 2 heterocycles. The number of phenols is 2. The summed E-state index contributed by atoms with van der Waals surface area (Å²) in [5, 5.41) is 24.2. The Bertz CT molecular complexity index is 999. The molecule has 2 aromatic carbocycles. The quantitative estimate of drug-likeness (QED) is 0.312. The predicted molar refractivity (Wildman–Crippen MR) is 106 cm³/mol. The van der Waals surface area contributed by atoms with E-state index in [1.807, 2.05) is 29.6 Å². The molecule has 0 saturated carbocycles.